The number of nitrogens with zero attached hydrogens (tertiary/aromatic N) is 1. The van der Waals surface area contributed by atoms with Gasteiger partial charge in [0.1, 0.15) is 0 Å². The minimum Gasteiger partial charge on any atom is -0.392 e. The molecular weight excluding hydrogens is 202 g/mol. The molecule has 2 unspecified atom stereocenters. The molecule has 1 fully saturated rings. The van der Waals surface area contributed by atoms with Crippen LogP contribution in [-0.2, 0) is 4.74 Å². The molecule has 1 aliphatic rings. The van der Waals surface area contributed by atoms with Crippen LogP contribution in [0.25, 0.3) is 0 Å². The first-order valence-corrected chi connectivity index (χ1v) is 6.67. The molecule has 0 aromatic heterocycles. The molecule has 2 atom stereocenters. The molecule has 1 heterocycles. The molecular formula is C13H27NO2. The van der Waals surface area contributed by atoms with Crippen LogP contribution < -0.4 is 0 Å². The lowest BCUT2D eigenvalue weighted by molar-refractivity contribution is -0.0202. The van der Waals surface area contributed by atoms with Crippen LogP contribution in [0.5, 0.6) is 0 Å². The van der Waals surface area contributed by atoms with Gasteiger partial charge in [0.25, 0.3) is 0 Å². The van der Waals surface area contributed by atoms with Gasteiger partial charge in [-0.05, 0) is 39.5 Å². The molecule has 3 nitrogen and oxygen atoms in total. The van der Waals surface area contributed by atoms with E-state index in [0.29, 0.717) is 12.1 Å². The van der Waals surface area contributed by atoms with Crippen LogP contribution in [0.4, 0.5) is 0 Å². The topological polar surface area (TPSA) is 32.7 Å². The summed E-state index contributed by atoms with van der Waals surface area (Å²) in [5.74, 6) is 0. The number of aliphatic hydroxyl groups is 1. The molecule has 0 saturated carbocycles. The molecule has 1 N–H and O–H groups in total. The standard InChI is InChI=1S/C13H27NO2/c1-4-12(15)9-14(11(2)3)10-13-7-5-6-8-16-13/h11-13,15H,4-10H2,1-3H3. The summed E-state index contributed by atoms with van der Waals surface area (Å²) in [6.07, 6.45) is 4.66. The van der Waals surface area contributed by atoms with Crippen LogP contribution >= 0.6 is 0 Å². The third-order valence-corrected chi connectivity index (χ3v) is 3.36. The van der Waals surface area contributed by atoms with Crippen LogP contribution in [0.3, 0.4) is 0 Å². The molecule has 0 spiro atoms. The first-order chi connectivity index (χ1) is 7.63. The fourth-order valence-corrected chi connectivity index (χ4v) is 2.11. The van der Waals surface area contributed by atoms with Crippen molar-refractivity contribution in [2.75, 3.05) is 19.7 Å². The maximum atomic E-state index is 9.72. The maximum Gasteiger partial charge on any atom is 0.0702 e. The van der Waals surface area contributed by atoms with Gasteiger partial charge in [0, 0.05) is 25.7 Å². The first-order valence-electron chi connectivity index (χ1n) is 6.67. The lowest BCUT2D eigenvalue weighted by atomic mass is 10.1. The molecule has 0 amide bonds. The smallest absolute Gasteiger partial charge is 0.0702 e. The number of ether oxygens (including phenoxy) is 1. The van der Waals surface area contributed by atoms with Crippen molar-refractivity contribution in [1.82, 2.24) is 4.90 Å². The summed E-state index contributed by atoms with van der Waals surface area (Å²) in [4.78, 5) is 2.34. The number of aliphatic hydroxyl groups excluding tert-OH is 1. The molecule has 1 saturated heterocycles. The second-order valence-corrected chi connectivity index (χ2v) is 5.10. The summed E-state index contributed by atoms with van der Waals surface area (Å²) in [5, 5.41) is 9.72. The molecule has 0 aliphatic carbocycles. The fraction of sp³-hybridized carbons (Fsp3) is 1.00. The highest BCUT2D eigenvalue weighted by Gasteiger charge is 2.20. The Bertz CT molecular complexity index is 179. The zero-order chi connectivity index (χ0) is 12.0. The highest BCUT2D eigenvalue weighted by atomic mass is 16.5. The van der Waals surface area contributed by atoms with Crippen LogP contribution in [0.2, 0.25) is 0 Å². The van der Waals surface area contributed by atoms with E-state index in [2.05, 4.69) is 18.7 Å². The minimum absolute atomic E-state index is 0.203. The van der Waals surface area contributed by atoms with Crippen LogP contribution in [0.1, 0.15) is 46.5 Å². The minimum atomic E-state index is -0.203. The quantitative estimate of drug-likeness (QED) is 0.756. The molecule has 3 heteroatoms. The van der Waals surface area contributed by atoms with E-state index in [4.69, 9.17) is 4.74 Å². The van der Waals surface area contributed by atoms with Gasteiger partial charge < -0.3 is 9.84 Å². The van der Waals surface area contributed by atoms with E-state index >= 15 is 0 Å². The van der Waals surface area contributed by atoms with Crippen molar-refractivity contribution < 1.29 is 9.84 Å². The van der Waals surface area contributed by atoms with Crippen LogP contribution in [-0.4, -0.2) is 48.0 Å². The zero-order valence-corrected chi connectivity index (χ0v) is 11.0. The van der Waals surface area contributed by atoms with E-state index in [1.165, 1.54) is 19.3 Å². The average Bonchev–Trinajstić information content (AvgIpc) is 2.29. The Morgan fingerprint density at radius 3 is 2.62 bits per heavy atom. The summed E-state index contributed by atoms with van der Waals surface area (Å²) in [7, 11) is 0. The van der Waals surface area contributed by atoms with Gasteiger partial charge >= 0.3 is 0 Å². The van der Waals surface area contributed by atoms with Crippen molar-refractivity contribution in [1.29, 1.82) is 0 Å². The van der Waals surface area contributed by atoms with Crippen molar-refractivity contribution in [2.24, 2.45) is 0 Å². The summed E-state index contributed by atoms with van der Waals surface area (Å²) in [6.45, 7) is 9.05. The Morgan fingerprint density at radius 2 is 2.12 bits per heavy atom. The van der Waals surface area contributed by atoms with Crippen molar-refractivity contribution in [2.45, 2.75) is 64.7 Å². The Kier molecular flexibility index (Phi) is 6.32. The van der Waals surface area contributed by atoms with Gasteiger partial charge in [-0.25, -0.2) is 0 Å². The number of hydrogen-bond donors (Lipinski definition) is 1. The molecule has 0 aromatic rings. The predicted octanol–water partition coefficient (Wildman–Crippen LogP) is 2.04. The number of rotatable bonds is 6. The van der Waals surface area contributed by atoms with E-state index in [1.807, 2.05) is 6.92 Å². The Morgan fingerprint density at radius 1 is 1.38 bits per heavy atom. The van der Waals surface area contributed by atoms with Crippen molar-refractivity contribution in [3.8, 4) is 0 Å². The maximum absolute atomic E-state index is 9.72. The van der Waals surface area contributed by atoms with Crippen LogP contribution in [0, 0.1) is 0 Å². The predicted molar refractivity (Wildman–Crippen MR) is 66.6 cm³/mol. The highest BCUT2D eigenvalue weighted by Crippen LogP contribution is 2.15. The molecule has 1 aliphatic heterocycles. The van der Waals surface area contributed by atoms with Gasteiger partial charge in [0.05, 0.1) is 12.2 Å². The number of hydrogen-bond acceptors (Lipinski definition) is 3. The van der Waals surface area contributed by atoms with Gasteiger partial charge in [0.15, 0.2) is 0 Å². The molecule has 0 aromatic carbocycles. The first kappa shape index (κ1) is 13.9. The molecule has 0 radical (unpaired) electrons. The normalized spacial score (nSPS) is 24.0. The highest BCUT2D eigenvalue weighted by molar-refractivity contribution is 4.74. The molecule has 16 heavy (non-hydrogen) atoms. The Balaban J connectivity index is 2.37. The summed E-state index contributed by atoms with van der Waals surface area (Å²) in [6, 6.07) is 0.478. The van der Waals surface area contributed by atoms with E-state index in [9.17, 15) is 5.11 Å². The van der Waals surface area contributed by atoms with Crippen molar-refractivity contribution in [3.63, 3.8) is 0 Å². The van der Waals surface area contributed by atoms with Gasteiger partial charge in [-0.2, -0.15) is 0 Å². The summed E-state index contributed by atoms with van der Waals surface area (Å²) >= 11 is 0. The lowest BCUT2D eigenvalue weighted by Gasteiger charge is -2.33. The average molecular weight is 229 g/mol. The Hall–Kier alpha value is -0.120. The second-order valence-electron chi connectivity index (χ2n) is 5.10. The van der Waals surface area contributed by atoms with E-state index in [1.54, 1.807) is 0 Å². The van der Waals surface area contributed by atoms with Crippen LogP contribution in [0.15, 0.2) is 0 Å². The van der Waals surface area contributed by atoms with Gasteiger partial charge in [0.2, 0.25) is 0 Å². The van der Waals surface area contributed by atoms with E-state index in [-0.39, 0.29) is 6.10 Å². The fourth-order valence-electron chi connectivity index (χ4n) is 2.11. The molecule has 0 bridgehead atoms. The van der Waals surface area contributed by atoms with Crippen molar-refractivity contribution >= 4 is 0 Å². The molecule has 96 valence electrons. The van der Waals surface area contributed by atoms with Gasteiger partial charge in [-0.1, -0.05) is 6.92 Å². The largest absolute Gasteiger partial charge is 0.392 e. The third kappa shape index (κ3) is 4.81. The Labute approximate surface area is 99.8 Å². The lowest BCUT2D eigenvalue weighted by Crippen LogP contribution is -2.43. The van der Waals surface area contributed by atoms with E-state index in [0.717, 1.165) is 26.1 Å². The van der Waals surface area contributed by atoms with Gasteiger partial charge in [-0.3, -0.25) is 4.90 Å². The van der Waals surface area contributed by atoms with Gasteiger partial charge in [-0.15, -0.1) is 0 Å². The second kappa shape index (κ2) is 7.25. The molecule has 1 rings (SSSR count). The van der Waals surface area contributed by atoms with Crippen molar-refractivity contribution in [3.05, 3.63) is 0 Å². The van der Waals surface area contributed by atoms with E-state index < -0.39 is 0 Å². The SMILES string of the molecule is CCC(O)CN(CC1CCCCO1)C(C)C. The zero-order valence-electron chi connectivity index (χ0n) is 11.0. The summed E-state index contributed by atoms with van der Waals surface area (Å²) < 4.78 is 5.75. The third-order valence-electron chi connectivity index (χ3n) is 3.36. The monoisotopic (exact) mass is 229 g/mol. The summed E-state index contributed by atoms with van der Waals surface area (Å²) in [5.41, 5.74) is 0.